The van der Waals surface area contributed by atoms with Crippen LogP contribution in [0.25, 0.3) is 11.5 Å². The molecule has 8 heteroatoms. The highest BCUT2D eigenvalue weighted by atomic mass is 16.5. The smallest absolute Gasteiger partial charge is 0.287 e. The number of carbonyl (C=O) groups excluding carboxylic acids is 3. The standard InChI is InChI=1S/C23H29N3O5/c1-4-14(2)20(27)22(29)24-13-19-15(3)31-23(26-19)17-6-5-7-18(12-17)25-21(28)16-8-10-30-11-9-16/h5-7,12,14,16H,4,8-11,13H2,1-3H3,(H,24,29)(H,25,28). The van der Waals surface area contributed by atoms with E-state index in [-0.39, 0.29) is 24.3 Å². The maximum Gasteiger partial charge on any atom is 0.287 e. The van der Waals surface area contributed by atoms with E-state index >= 15 is 0 Å². The van der Waals surface area contributed by atoms with Gasteiger partial charge in [-0.05, 0) is 44.4 Å². The minimum atomic E-state index is -0.615. The van der Waals surface area contributed by atoms with Crippen molar-refractivity contribution >= 4 is 23.3 Å². The molecular formula is C23H29N3O5. The molecule has 0 spiro atoms. The molecule has 0 bridgehead atoms. The van der Waals surface area contributed by atoms with Crippen LogP contribution in [0.4, 0.5) is 5.69 Å². The highest BCUT2D eigenvalue weighted by Crippen LogP contribution is 2.25. The van der Waals surface area contributed by atoms with E-state index in [0.717, 1.165) is 12.8 Å². The number of Topliss-reactive ketones (excluding diaryl/α,β-unsaturated/α-hetero) is 1. The number of rotatable bonds is 8. The summed E-state index contributed by atoms with van der Waals surface area (Å²) in [6, 6.07) is 7.28. The van der Waals surface area contributed by atoms with Gasteiger partial charge in [0.25, 0.3) is 5.91 Å². The van der Waals surface area contributed by atoms with E-state index in [0.29, 0.717) is 48.2 Å². The molecule has 1 fully saturated rings. The Morgan fingerprint density at radius 3 is 2.68 bits per heavy atom. The first-order chi connectivity index (χ1) is 14.9. The van der Waals surface area contributed by atoms with Crippen molar-refractivity contribution in [1.29, 1.82) is 0 Å². The molecule has 3 rings (SSSR count). The summed E-state index contributed by atoms with van der Waals surface area (Å²) in [5.41, 5.74) is 1.93. The zero-order chi connectivity index (χ0) is 22.4. The molecule has 0 aliphatic carbocycles. The molecule has 1 aliphatic rings. The van der Waals surface area contributed by atoms with E-state index in [4.69, 9.17) is 9.15 Å². The molecule has 1 saturated heterocycles. The van der Waals surface area contributed by atoms with Gasteiger partial charge in [-0.3, -0.25) is 14.4 Å². The minimum Gasteiger partial charge on any atom is -0.441 e. The summed E-state index contributed by atoms with van der Waals surface area (Å²) in [5, 5.41) is 5.57. The summed E-state index contributed by atoms with van der Waals surface area (Å²) in [6.07, 6.45) is 2.05. The number of amides is 2. The Hall–Kier alpha value is -3.00. The maximum absolute atomic E-state index is 12.5. The highest BCUT2D eigenvalue weighted by molar-refractivity contribution is 6.36. The summed E-state index contributed by atoms with van der Waals surface area (Å²) in [4.78, 5) is 40.9. The second kappa shape index (κ2) is 10.3. The predicted octanol–water partition coefficient (Wildman–Crippen LogP) is 3.25. The lowest BCUT2D eigenvalue weighted by atomic mass is 9.99. The summed E-state index contributed by atoms with van der Waals surface area (Å²) in [5.74, 6) is -0.478. The maximum atomic E-state index is 12.5. The first kappa shape index (κ1) is 22.7. The molecule has 2 N–H and O–H groups in total. The van der Waals surface area contributed by atoms with E-state index in [1.807, 2.05) is 25.1 Å². The van der Waals surface area contributed by atoms with Gasteiger partial charge in [-0.25, -0.2) is 4.98 Å². The number of nitrogens with one attached hydrogen (secondary N) is 2. The number of oxazole rings is 1. The van der Waals surface area contributed by atoms with Crippen LogP contribution in [-0.4, -0.2) is 35.8 Å². The van der Waals surface area contributed by atoms with Gasteiger partial charge in [0.1, 0.15) is 11.5 Å². The third kappa shape index (κ3) is 5.79. The molecule has 2 amide bonds. The van der Waals surface area contributed by atoms with Crippen LogP contribution in [0.5, 0.6) is 0 Å². The summed E-state index contributed by atoms with van der Waals surface area (Å²) in [6.45, 7) is 6.67. The van der Waals surface area contributed by atoms with Gasteiger partial charge in [0.15, 0.2) is 0 Å². The van der Waals surface area contributed by atoms with Gasteiger partial charge >= 0.3 is 0 Å². The van der Waals surface area contributed by atoms with Crippen molar-refractivity contribution in [3.8, 4) is 11.5 Å². The topological polar surface area (TPSA) is 111 Å². The predicted molar refractivity (Wildman–Crippen MR) is 115 cm³/mol. The second-order valence-electron chi connectivity index (χ2n) is 7.83. The van der Waals surface area contributed by atoms with Gasteiger partial charge in [-0.15, -0.1) is 0 Å². The Morgan fingerprint density at radius 1 is 1.23 bits per heavy atom. The molecule has 31 heavy (non-hydrogen) atoms. The average Bonchev–Trinajstić information content (AvgIpc) is 3.17. The van der Waals surface area contributed by atoms with Gasteiger partial charge < -0.3 is 19.8 Å². The van der Waals surface area contributed by atoms with Crippen molar-refractivity contribution < 1.29 is 23.5 Å². The zero-order valence-corrected chi connectivity index (χ0v) is 18.2. The van der Waals surface area contributed by atoms with Gasteiger partial charge in [-0.2, -0.15) is 0 Å². The van der Waals surface area contributed by atoms with Crippen molar-refractivity contribution in [2.45, 2.75) is 46.6 Å². The summed E-state index contributed by atoms with van der Waals surface area (Å²) in [7, 11) is 0. The Bertz CT molecular complexity index is 946. The first-order valence-corrected chi connectivity index (χ1v) is 10.7. The molecule has 1 aromatic heterocycles. The van der Waals surface area contributed by atoms with E-state index in [2.05, 4.69) is 15.6 Å². The molecule has 1 aliphatic heterocycles. The third-order valence-corrected chi connectivity index (χ3v) is 5.56. The molecule has 0 radical (unpaired) electrons. The number of nitrogens with zero attached hydrogens (tertiary/aromatic N) is 1. The first-order valence-electron chi connectivity index (χ1n) is 10.7. The Morgan fingerprint density at radius 2 is 1.97 bits per heavy atom. The number of aromatic nitrogens is 1. The molecule has 0 saturated carbocycles. The van der Waals surface area contributed by atoms with Crippen LogP contribution < -0.4 is 10.6 Å². The highest BCUT2D eigenvalue weighted by Gasteiger charge is 2.22. The molecule has 1 atom stereocenters. The molecule has 2 aromatic rings. The number of aryl methyl sites for hydroxylation is 1. The van der Waals surface area contributed by atoms with Crippen molar-refractivity contribution in [2.24, 2.45) is 11.8 Å². The second-order valence-corrected chi connectivity index (χ2v) is 7.83. The normalized spacial score (nSPS) is 15.3. The SMILES string of the molecule is CCC(C)C(=O)C(=O)NCc1nc(-c2cccc(NC(=O)C3CCOCC3)c2)oc1C. The summed E-state index contributed by atoms with van der Waals surface area (Å²) >= 11 is 0. The molecular weight excluding hydrogens is 398 g/mol. The number of ether oxygens (including phenoxy) is 1. The Balaban J connectivity index is 1.65. The van der Waals surface area contributed by atoms with Crippen LogP contribution in [0.2, 0.25) is 0 Å². The average molecular weight is 428 g/mol. The molecule has 2 heterocycles. The molecule has 1 unspecified atom stereocenters. The van der Waals surface area contributed by atoms with Crippen molar-refractivity contribution in [2.75, 3.05) is 18.5 Å². The van der Waals surface area contributed by atoms with Crippen LogP contribution in [0.1, 0.15) is 44.6 Å². The third-order valence-electron chi connectivity index (χ3n) is 5.56. The minimum absolute atomic E-state index is 0.0154. The molecule has 166 valence electrons. The van der Waals surface area contributed by atoms with Crippen LogP contribution in [0, 0.1) is 18.8 Å². The van der Waals surface area contributed by atoms with Crippen molar-refractivity contribution in [3.05, 3.63) is 35.7 Å². The zero-order valence-electron chi connectivity index (χ0n) is 18.2. The Labute approximate surface area is 181 Å². The largest absolute Gasteiger partial charge is 0.441 e. The molecule has 1 aromatic carbocycles. The lowest BCUT2D eigenvalue weighted by Gasteiger charge is -2.21. The Kier molecular flexibility index (Phi) is 7.57. The fourth-order valence-electron chi connectivity index (χ4n) is 3.31. The number of carbonyl (C=O) groups is 3. The quantitative estimate of drug-likeness (QED) is 0.626. The fourth-order valence-corrected chi connectivity index (χ4v) is 3.31. The van der Waals surface area contributed by atoms with Crippen LogP contribution in [0.3, 0.4) is 0 Å². The summed E-state index contributed by atoms with van der Waals surface area (Å²) < 4.78 is 11.1. The van der Waals surface area contributed by atoms with E-state index < -0.39 is 11.7 Å². The monoisotopic (exact) mass is 427 g/mol. The number of ketones is 1. The van der Waals surface area contributed by atoms with E-state index in [1.165, 1.54) is 0 Å². The van der Waals surface area contributed by atoms with Crippen molar-refractivity contribution in [3.63, 3.8) is 0 Å². The van der Waals surface area contributed by atoms with Crippen LogP contribution in [-0.2, 0) is 25.7 Å². The number of hydrogen-bond donors (Lipinski definition) is 2. The van der Waals surface area contributed by atoms with Gasteiger partial charge in [0.2, 0.25) is 17.6 Å². The number of anilines is 1. The lowest BCUT2D eigenvalue weighted by molar-refractivity contribution is -0.140. The van der Waals surface area contributed by atoms with Gasteiger partial charge in [0, 0.05) is 36.3 Å². The van der Waals surface area contributed by atoms with Gasteiger partial charge in [-0.1, -0.05) is 19.9 Å². The van der Waals surface area contributed by atoms with E-state index in [1.54, 1.807) is 19.9 Å². The van der Waals surface area contributed by atoms with E-state index in [9.17, 15) is 14.4 Å². The van der Waals surface area contributed by atoms with Crippen LogP contribution in [0.15, 0.2) is 28.7 Å². The van der Waals surface area contributed by atoms with Crippen molar-refractivity contribution in [1.82, 2.24) is 10.3 Å². The number of hydrogen-bond acceptors (Lipinski definition) is 6. The van der Waals surface area contributed by atoms with Crippen LogP contribution >= 0.6 is 0 Å². The fraction of sp³-hybridized carbons (Fsp3) is 0.478. The van der Waals surface area contributed by atoms with Gasteiger partial charge in [0.05, 0.1) is 6.54 Å². The molecule has 8 nitrogen and oxygen atoms in total. The number of benzene rings is 1. The lowest BCUT2D eigenvalue weighted by Crippen LogP contribution is -2.34.